The van der Waals surface area contributed by atoms with Crippen molar-refractivity contribution in [3.8, 4) is 5.75 Å². The van der Waals surface area contributed by atoms with Crippen LogP contribution in [0.25, 0.3) is 0 Å². The second-order valence-electron chi connectivity index (χ2n) is 2.73. The fourth-order valence-corrected chi connectivity index (χ4v) is 2.04. The SMILES string of the molecule is C=C(Oc1c(Cl)c(Cl)c(Cl)c(Cl)c1Cl)C(=O)O. The quantitative estimate of drug-likeness (QED) is 0.368. The van der Waals surface area contributed by atoms with Gasteiger partial charge in [-0.1, -0.05) is 58.0 Å². The van der Waals surface area contributed by atoms with Crippen molar-refractivity contribution in [1.82, 2.24) is 0 Å². The van der Waals surface area contributed by atoms with Crippen LogP contribution in [0.2, 0.25) is 25.1 Å². The highest BCUT2D eigenvalue weighted by molar-refractivity contribution is 6.55. The van der Waals surface area contributed by atoms with Crippen LogP contribution in [-0.2, 0) is 4.79 Å². The highest BCUT2D eigenvalue weighted by Gasteiger charge is 2.22. The standard InChI is InChI=1S/C9H3Cl5O3/c1-2(9(15)16)17-8-6(13)4(11)3(10)5(12)7(8)14/h1H2,(H,15,16). The van der Waals surface area contributed by atoms with Crippen molar-refractivity contribution in [2.24, 2.45) is 0 Å². The topological polar surface area (TPSA) is 46.5 Å². The Bertz CT molecular complexity index is 483. The Balaban J connectivity index is 3.35. The third kappa shape index (κ3) is 2.92. The zero-order chi connectivity index (χ0) is 13.3. The van der Waals surface area contributed by atoms with Gasteiger partial charge in [-0.25, -0.2) is 4.79 Å². The Labute approximate surface area is 121 Å². The summed E-state index contributed by atoms with van der Waals surface area (Å²) < 4.78 is 4.87. The van der Waals surface area contributed by atoms with Crippen LogP contribution in [-0.4, -0.2) is 11.1 Å². The van der Waals surface area contributed by atoms with Gasteiger partial charge >= 0.3 is 5.97 Å². The lowest BCUT2D eigenvalue weighted by Crippen LogP contribution is -2.06. The van der Waals surface area contributed by atoms with E-state index in [1.807, 2.05) is 0 Å². The molecule has 0 saturated heterocycles. The van der Waals surface area contributed by atoms with E-state index in [4.69, 9.17) is 67.8 Å². The van der Waals surface area contributed by atoms with Crippen molar-refractivity contribution in [3.63, 3.8) is 0 Å². The lowest BCUT2D eigenvalue weighted by atomic mass is 10.3. The monoisotopic (exact) mass is 334 g/mol. The molecule has 0 aliphatic rings. The van der Waals surface area contributed by atoms with E-state index in [1.54, 1.807) is 0 Å². The minimum atomic E-state index is -1.38. The van der Waals surface area contributed by atoms with Gasteiger partial charge in [-0.3, -0.25) is 0 Å². The Morgan fingerprint density at radius 2 is 1.29 bits per heavy atom. The van der Waals surface area contributed by atoms with Crippen molar-refractivity contribution in [2.45, 2.75) is 0 Å². The van der Waals surface area contributed by atoms with E-state index in [0.29, 0.717) is 0 Å². The molecule has 0 radical (unpaired) electrons. The number of halogens is 5. The number of aliphatic carboxylic acids is 1. The lowest BCUT2D eigenvalue weighted by molar-refractivity contribution is -0.135. The van der Waals surface area contributed by atoms with E-state index in [-0.39, 0.29) is 30.9 Å². The number of hydrogen-bond acceptors (Lipinski definition) is 2. The van der Waals surface area contributed by atoms with Gasteiger partial charge in [-0.2, -0.15) is 0 Å². The van der Waals surface area contributed by atoms with Crippen molar-refractivity contribution in [2.75, 3.05) is 0 Å². The molecule has 3 nitrogen and oxygen atoms in total. The highest BCUT2D eigenvalue weighted by Crippen LogP contribution is 2.48. The summed E-state index contributed by atoms with van der Waals surface area (Å²) in [6.45, 7) is 3.16. The number of benzene rings is 1. The van der Waals surface area contributed by atoms with Crippen molar-refractivity contribution in [1.29, 1.82) is 0 Å². The normalized spacial score (nSPS) is 10.2. The first-order chi connectivity index (χ1) is 7.77. The van der Waals surface area contributed by atoms with Crippen molar-refractivity contribution >= 4 is 64.0 Å². The Kier molecular flexibility index (Phi) is 4.81. The van der Waals surface area contributed by atoms with Gasteiger partial charge in [0.1, 0.15) is 10.0 Å². The van der Waals surface area contributed by atoms with E-state index < -0.39 is 11.7 Å². The molecule has 0 aliphatic heterocycles. The molecule has 8 heteroatoms. The van der Waals surface area contributed by atoms with Crippen molar-refractivity contribution in [3.05, 3.63) is 37.5 Å². The summed E-state index contributed by atoms with van der Waals surface area (Å²) in [6, 6.07) is 0. The number of carboxylic acid groups (broad SMARTS) is 1. The van der Waals surface area contributed by atoms with Gasteiger partial charge in [0.2, 0.25) is 5.76 Å². The Hall–Kier alpha value is -0.320. The molecule has 0 fully saturated rings. The molecule has 92 valence electrons. The predicted octanol–water partition coefficient (Wildman–Crippen LogP) is 4.93. The minimum Gasteiger partial charge on any atom is -0.475 e. The first-order valence-electron chi connectivity index (χ1n) is 3.88. The number of rotatable bonds is 3. The highest BCUT2D eigenvalue weighted by atomic mass is 35.5. The van der Waals surface area contributed by atoms with Crippen LogP contribution in [0.1, 0.15) is 0 Å². The maximum Gasteiger partial charge on any atom is 0.371 e. The smallest absolute Gasteiger partial charge is 0.371 e. The van der Waals surface area contributed by atoms with E-state index in [0.717, 1.165) is 0 Å². The summed E-state index contributed by atoms with van der Waals surface area (Å²) in [5, 5.41) is 8.11. The molecular formula is C9H3Cl5O3. The first kappa shape index (κ1) is 14.7. The second kappa shape index (κ2) is 5.55. The van der Waals surface area contributed by atoms with Crippen LogP contribution < -0.4 is 4.74 Å². The number of carboxylic acids is 1. The number of hydrogen-bond donors (Lipinski definition) is 1. The molecule has 0 aliphatic carbocycles. The van der Waals surface area contributed by atoms with Crippen LogP contribution >= 0.6 is 58.0 Å². The summed E-state index contributed by atoms with van der Waals surface area (Å²) in [5.41, 5.74) is 0. The van der Waals surface area contributed by atoms with Gasteiger partial charge in [0.15, 0.2) is 5.75 Å². The largest absolute Gasteiger partial charge is 0.475 e. The van der Waals surface area contributed by atoms with Crippen molar-refractivity contribution < 1.29 is 14.6 Å². The van der Waals surface area contributed by atoms with E-state index in [9.17, 15) is 4.79 Å². The predicted molar refractivity (Wildman–Crippen MR) is 68.9 cm³/mol. The van der Waals surface area contributed by atoms with E-state index in [2.05, 4.69) is 6.58 Å². The molecule has 0 spiro atoms. The van der Waals surface area contributed by atoms with Gasteiger partial charge < -0.3 is 9.84 Å². The van der Waals surface area contributed by atoms with E-state index in [1.165, 1.54) is 0 Å². The zero-order valence-corrected chi connectivity index (χ0v) is 11.6. The summed E-state index contributed by atoms with van der Waals surface area (Å²) in [4.78, 5) is 10.6. The third-order valence-corrected chi connectivity index (χ3v) is 3.88. The second-order valence-corrected chi connectivity index (χ2v) is 4.62. The molecule has 0 amide bonds. The molecule has 0 unspecified atom stereocenters. The summed E-state index contributed by atoms with van der Waals surface area (Å²) >= 11 is 28.9. The van der Waals surface area contributed by atoms with Gasteiger partial charge in [0, 0.05) is 0 Å². The molecule has 1 aromatic carbocycles. The average molecular weight is 336 g/mol. The Morgan fingerprint density at radius 1 is 0.941 bits per heavy atom. The summed E-state index contributed by atoms with van der Waals surface area (Å²) in [5.74, 6) is -2.16. The fourth-order valence-electron chi connectivity index (χ4n) is 0.841. The molecule has 0 heterocycles. The minimum absolute atomic E-state index is 0.0448. The molecule has 1 rings (SSSR count). The number of carbonyl (C=O) groups is 1. The third-order valence-electron chi connectivity index (χ3n) is 1.63. The van der Waals surface area contributed by atoms with Crippen LogP contribution in [0.15, 0.2) is 12.3 Å². The fraction of sp³-hybridized carbons (Fsp3) is 0. The van der Waals surface area contributed by atoms with Gasteiger partial charge in [0.25, 0.3) is 0 Å². The maximum atomic E-state index is 10.6. The summed E-state index contributed by atoms with van der Waals surface area (Å²) in [7, 11) is 0. The van der Waals surface area contributed by atoms with Crippen LogP contribution in [0.4, 0.5) is 0 Å². The maximum absolute atomic E-state index is 10.6. The molecule has 0 bridgehead atoms. The summed E-state index contributed by atoms with van der Waals surface area (Å²) in [6.07, 6.45) is 0. The van der Waals surface area contributed by atoms with Crippen LogP contribution in [0, 0.1) is 0 Å². The molecular weight excluding hydrogens is 333 g/mol. The van der Waals surface area contributed by atoms with Crippen LogP contribution in [0.5, 0.6) is 5.75 Å². The molecule has 1 aromatic rings. The lowest BCUT2D eigenvalue weighted by Gasteiger charge is -2.12. The van der Waals surface area contributed by atoms with Gasteiger partial charge in [0.05, 0.1) is 15.1 Å². The van der Waals surface area contributed by atoms with E-state index >= 15 is 0 Å². The average Bonchev–Trinajstić information content (AvgIpc) is 2.29. The zero-order valence-electron chi connectivity index (χ0n) is 7.86. The van der Waals surface area contributed by atoms with Gasteiger partial charge in [-0.15, -0.1) is 0 Å². The Morgan fingerprint density at radius 3 is 1.65 bits per heavy atom. The first-order valence-corrected chi connectivity index (χ1v) is 5.77. The number of ether oxygens (including phenoxy) is 1. The molecule has 1 N–H and O–H groups in total. The molecule has 0 aromatic heterocycles. The molecule has 17 heavy (non-hydrogen) atoms. The van der Waals surface area contributed by atoms with Crippen LogP contribution in [0.3, 0.4) is 0 Å². The molecule has 0 atom stereocenters. The van der Waals surface area contributed by atoms with Gasteiger partial charge in [-0.05, 0) is 6.58 Å². The molecule has 0 saturated carbocycles.